The molecule has 0 aliphatic heterocycles. The summed E-state index contributed by atoms with van der Waals surface area (Å²) in [5.41, 5.74) is 0.431. The topological polar surface area (TPSA) is 67.9 Å². The SMILES string of the molecule is COc1cccc(CN(C(=O)COc2ccccc2Cl)[C@@H](C)C(=O)NC(C)(C)C)c1. The summed E-state index contributed by atoms with van der Waals surface area (Å²) in [7, 11) is 1.58. The third kappa shape index (κ3) is 6.95. The van der Waals surface area contributed by atoms with Crippen LogP contribution in [0.4, 0.5) is 0 Å². The van der Waals surface area contributed by atoms with Crippen LogP contribution < -0.4 is 14.8 Å². The fourth-order valence-electron chi connectivity index (χ4n) is 2.81. The van der Waals surface area contributed by atoms with Gasteiger partial charge in [-0.2, -0.15) is 0 Å². The van der Waals surface area contributed by atoms with Crippen molar-refractivity contribution in [3.63, 3.8) is 0 Å². The predicted molar refractivity (Wildman–Crippen MR) is 118 cm³/mol. The quantitative estimate of drug-likeness (QED) is 0.683. The van der Waals surface area contributed by atoms with Crippen molar-refractivity contribution in [2.24, 2.45) is 0 Å². The molecule has 2 aromatic carbocycles. The molecule has 6 nitrogen and oxygen atoms in total. The second kappa shape index (κ2) is 10.3. The molecule has 0 aliphatic rings. The molecule has 2 aromatic rings. The molecule has 0 aromatic heterocycles. The minimum atomic E-state index is -0.697. The largest absolute Gasteiger partial charge is 0.497 e. The fraction of sp³-hybridized carbons (Fsp3) is 0.391. The Morgan fingerprint density at radius 2 is 1.83 bits per heavy atom. The van der Waals surface area contributed by atoms with Crippen LogP contribution in [0.3, 0.4) is 0 Å². The van der Waals surface area contributed by atoms with Crippen molar-refractivity contribution in [1.82, 2.24) is 10.2 Å². The van der Waals surface area contributed by atoms with Crippen LogP contribution in [0, 0.1) is 0 Å². The number of para-hydroxylation sites is 1. The first-order valence-corrected chi connectivity index (χ1v) is 10.1. The number of carbonyl (C=O) groups is 2. The maximum absolute atomic E-state index is 13.0. The standard InChI is InChI=1S/C23H29ClN2O4/c1-16(22(28)25-23(2,3)4)26(14-17-9-8-10-18(13-17)29-5)21(27)15-30-20-12-7-6-11-19(20)24/h6-13,16H,14-15H2,1-5H3,(H,25,28)/t16-/m0/s1. The van der Waals surface area contributed by atoms with Crippen LogP contribution in [0.2, 0.25) is 5.02 Å². The molecule has 0 saturated heterocycles. The van der Waals surface area contributed by atoms with Crippen molar-refractivity contribution in [2.45, 2.75) is 45.8 Å². The van der Waals surface area contributed by atoms with Gasteiger partial charge >= 0.3 is 0 Å². The van der Waals surface area contributed by atoms with Crippen molar-refractivity contribution in [1.29, 1.82) is 0 Å². The summed E-state index contributed by atoms with van der Waals surface area (Å²) in [6.07, 6.45) is 0. The van der Waals surface area contributed by atoms with E-state index >= 15 is 0 Å². The van der Waals surface area contributed by atoms with Crippen LogP contribution in [0.1, 0.15) is 33.3 Å². The number of benzene rings is 2. The van der Waals surface area contributed by atoms with Gasteiger partial charge in [0.1, 0.15) is 17.5 Å². The van der Waals surface area contributed by atoms with E-state index in [1.54, 1.807) is 38.3 Å². The van der Waals surface area contributed by atoms with Crippen molar-refractivity contribution >= 4 is 23.4 Å². The molecule has 0 fully saturated rings. The van der Waals surface area contributed by atoms with E-state index in [4.69, 9.17) is 21.1 Å². The van der Waals surface area contributed by atoms with Gasteiger partial charge in [-0.15, -0.1) is 0 Å². The Hall–Kier alpha value is -2.73. The number of nitrogens with one attached hydrogen (secondary N) is 1. The van der Waals surface area contributed by atoms with E-state index in [1.165, 1.54) is 4.90 Å². The van der Waals surface area contributed by atoms with E-state index < -0.39 is 11.6 Å². The zero-order chi connectivity index (χ0) is 22.3. The first-order chi connectivity index (χ1) is 14.1. The highest BCUT2D eigenvalue weighted by atomic mass is 35.5. The highest BCUT2D eigenvalue weighted by Crippen LogP contribution is 2.23. The maximum atomic E-state index is 13.0. The second-order valence-electron chi connectivity index (χ2n) is 8.01. The number of hydrogen-bond donors (Lipinski definition) is 1. The summed E-state index contributed by atoms with van der Waals surface area (Å²) in [6, 6.07) is 13.6. The molecule has 0 aliphatic carbocycles. The molecular formula is C23H29ClN2O4. The number of hydrogen-bond acceptors (Lipinski definition) is 4. The third-order valence-corrected chi connectivity index (χ3v) is 4.65. The number of amides is 2. The Morgan fingerprint density at radius 3 is 2.47 bits per heavy atom. The third-order valence-electron chi connectivity index (χ3n) is 4.34. The summed E-state index contributed by atoms with van der Waals surface area (Å²) >= 11 is 6.11. The molecule has 162 valence electrons. The highest BCUT2D eigenvalue weighted by Gasteiger charge is 2.28. The van der Waals surface area contributed by atoms with Gasteiger partial charge in [-0.1, -0.05) is 35.9 Å². The fourth-order valence-corrected chi connectivity index (χ4v) is 3.00. The first kappa shape index (κ1) is 23.5. The summed E-state index contributed by atoms with van der Waals surface area (Å²) < 4.78 is 10.9. The molecular weight excluding hydrogens is 404 g/mol. The van der Waals surface area contributed by atoms with E-state index in [9.17, 15) is 9.59 Å². The Kier molecular flexibility index (Phi) is 8.12. The van der Waals surface area contributed by atoms with Crippen LogP contribution in [-0.2, 0) is 16.1 Å². The Bertz CT molecular complexity index is 880. The lowest BCUT2D eigenvalue weighted by molar-refractivity contribution is -0.142. The van der Waals surface area contributed by atoms with Crippen LogP contribution in [0.15, 0.2) is 48.5 Å². The lowest BCUT2D eigenvalue weighted by Crippen LogP contribution is -2.53. The van der Waals surface area contributed by atoms with Gasteiger partial charge in [-0.25, -0.2) is 0 Å². The maximum Gasteiger partial charge on any atom is 0.261 e. The number of ether oxygens (including phenoxy) is 2. The minimum Gasteiger partial charge on any atom is -0.497 e. The van der Waals surface area contributed by atoms with Crippen molar-refractivity contribution in [2.75, 3.05) is 13.7 Å². The van der Waals surface area contributed by atoms with Crippen LogP contribution in [0.25, 0.3) is 0 Å². The Labute approximate surface area is 183 Å². The molecule has 0 bridgehead atoms. The van der Waals surface area contributed by atoms with Crippen molar-refractivity contribution in [3.05, 3.63) is 59.1 Å². The zero-order valence-corrected chi connectivity index (χ0v) is 18.8. The molecule has 0 heterocycles. The highest BCUT2D eigenvalue weighted by molar-refractivity contribution is 6.32. The average molecular weight is 433 g/mol. The van der Waals surface area contributed by atoms with Crippen molar-refractivity contribution < 1.29 is 19.1 Å². The number of methoxy groups -OCH3 is 1. The lowest BCUT2D eigenvalue weighted by atomic mass is 10.1. The van der Waals surface area contributed by atoms with Gasteiger partial charge in [-0.05, 0) is 57.5 Å². The van der Waals surface area contributed by atoms with Gasteiger partial charge in [0.2, 0.25) is 5.91 Å². The molecule has 0 radical (unpaired) electrons. The molecule has 1 N–H and O–H groups in total. The van der Waals surface area contributed by atoms with E-state index in [0.29, 0.717) is 16.5 Å². The summed E-state index contributed by atoms with van der Waals surface area (Å²) in [5, 5.41) is 3.35. The molecule has 2 rings (SSSR count). The van der Waals surface area contributed by atoms with E-state index in [1.807, 2.05) is 45.0 Å². The normalized spacial score (nSPS) is 12.1. The van der Waals surface area contributed by atoms with E-state index in [-0.39, 0.29) is 25.0 Å². The van der Waals surface area contributed by atoms with Gasteiger partial charge < -0.3 is 19.7 Å². The minimum absolute atomic E-state index is 0.235. The van der Waals surface area contributed by atoms with Gasteiger partial charge in [0.05, 0.1) is 12.1 Å². The lowest BCUT2D eigenvalue weighted by Gasteiger charge is -2.31. The smallest absolute Gasteiger partial charge is 0.261 e. The molecule has 0 spiro atoms. The number of rotatable bonds is 8. The molecule has 2 amide bonds. The molecule has 0 unspecified atom stereocenters. The van der Waals surface area contributed by atoms with Gasteiger partial charge in [0, 0.05) is 12.1 Å². The molecule has 7 heteroatoms. The average Bonchev–Trinajstić information content (AvgIpc) is 2.69. The Balaban J connectivity index is 2.21. The number of nitrogens with zero attached hydrogens (tertiary/aromatic N) is 1. The van der Waals surface area contributed by atoms with E-state index in [2.05, 4.69) is 5.32 Å². The molecule has 30 heavy (non-hydrogen) atoms. The predicted octanol–water partition coefficient (Wildman–Crippen LogP) is 4.06. The monoisotopic (exact) mass is 432 g/mol. The van der Waals surface area contributed by atoms with Crippen LogP contribution >= 0.6 is 11.6 Å². The second-order valence-corrected chi connectivity index (χ2v) is 8.41. The van der Waals surface area contributed by atoms with Crippen LogP contribution in [0.5, 0.6) is 11.5 Å². The Morgan fingerprint density at radius 1 is 1.13 bits per heavy atom. The molecule has 1 atom stereocenters. The van der Waals surface area contributed by atoms with Gasteiger partial charge in [0.15, 0.2) is 6.61 Å². The molecule has 0 saturated carbocycles. The number of carbonyl (C=O) groups excluding carboxylic acids is 2. The summed E-state index contributed by atoms with van der Waals surface area (Å²) in [5.74, 6) is 0.533. The van der Waals surface area contributed by atoms with Crippen molar-refractivity contribution in [3.8, 4) is 11.5 Å². The van der Waals surface area contributed by atoms with Gasteiger partial charge in [-0.3, -0.25) is 9.59 Å². The van der Waals surface area contributed by atoms with Gasteiger partial charge in [0.25, 0.3) is 5.91 Å². The van der Waals surface area contributed by atoms with E-state index in [0.717, 1.165) is 5.56 Å². The summed E-state index contributed by atoms with van der Waals surface area (Å²) in [6.45, 7) is 7.39. The van der Waals surface area contributed by atoms with Crippen LogP contribution in [-0.4, -0.2) is 42.0 Å². The number of halogens is 1. The first-order valence-electron chi connectivity index (χ1n) is 9.72. The zero-order valence-electron chi connectivity index (χ0n) is 18.1. The summed E-state index contributed by atoms with van der Waals surface area (Å²) in [4.78, 5) is 27.3.